The molecule has 0 aliphatic rings. The standard InChI is InChI=1S/C11H14N4/c1-9-6-13-4-2-10(9)3-5-15-8-11(12)7-14-15/h2,4,6-8H,3,5,12H2,1H3. The molecule has 4 nitrogen and oxygen atoms in total. The maximum Gasteiger partial charge on any atom is 0.0719 e. The third kappa shape index (κ3) is 2.34. The highest BCUT2D eigenvalue weighted by Gasteiger charge is 1.99. The van der Waals surface area contributed by atoms with Crippen LogP contribution in [0.5, 0.6) is 0 Å². The Kier molecular flexibility index (Phi) is 2.67. The molecule has 0 unspecified atom stereocenters. The Balaban J connectivity index is 2.02. The number of hydrogen-bond acceptors (Lipinski definition) is 3. The molecular weight excluding hydrogens is 188 g/mol. The second-order valence-corrected chi connectivity index (χ2v) is 3.59. The number of hydrogen-bond donors (Lipinski definition) is 1. The average Bonchev–Trinajstić information content (AvgIpc) is 2.63. The van der Waals surface area contributed by atoms with Gasteiger partial charge < -0.3 is 5.73 Å². The fourth-order valence-corrected chi connectivity index (χ4v) is 1.52. The number of aryl methyl sites for hydroxylation is 3. The van der Waals surface area contributed by atoms with Gasteiger partial charge in [0.25, 0.3) is 0 Å². The van der Waals surface area contributed by atoms with Crippen molar-refractivity contribution in [3.63, 3.8) is 0 Å². The van der Waals surface area contributed by atoms with Crippen molar-refractivity contribution in [3.05, 3.63) is 42.0 Å². The van der Waals surface area contributed by atoms with Crippen LogP contribution in [0, 0.1) is 6.92 Å². The number of pyridine rings is 1. The first-order valence-electron chi connectivity index (χ1n) is 4.93. The molecule has 2 aromatic rings. The summed E-state index contributed by atoms with van der Waals surface area (Å²) in [5.74, 6) is 0. The maximum atomic E-state index is 5.58. The lowest BCUT2D eigenvalue weighted by molar-refractivity contribution is 0.613. The first kappa shape index (κ1) is 9.71. The van der Waals surface area contributed by atoms with Gasteiger partial charge in [-0.3, -0.25) is 9.67 Å². The second kappa shape index (κ2) is 4.13. The zero-order chi connectivity index (χ0) is 10.7. The summed E-state index contributed by atoms with van der Waals surface area (Å²) < 4.78 is 1.86. The number of anilines is 1. The molecule has 2 aromatic heterocycles. The highest BCUT2D eigenvalue weighted by Crippen LogP contribution is 2.07. The molecular formula is C11H14N4. The van der Waals surface area contributed by atoms with E-state index in [1.54, 1.807) is 6.20 Å². The van der Waals surface area contributed by atoms with Gasteiger partial charge in [0.2, 0.25) is 0 Å². The van der Waals surface area contributed by atoms with Gasteiger partial charge in [-0.1, -0.05) is 0 Å². The minimum absolute atomic E-state index is 0.710. The zero-order valence-electron chi connectivity index (χ0n) is 8.72. The minimum Gasteiger partial charge on any atom is -0.396 e. The van der Waals surface area contributed by atoms with Crippen molar-refractivity contribution in [3.8, 4) is 0 Å². The Labute approximate surface area is 88.8 Å². The van der Waals surface area contributed by atoms with E-state index in [2.05, 4.69) is 17.0 Å². The third-order valence-electron chi connectivity index (χ3n) is 2.40. The van der Waals surface area contributed by atoms with Gasteiger partial charge in [-0.15, -0.1) is 0 Å². The van der Waals surface area contributed by atoms with Gasteiger partial charge in [0, 0.05) is 25.1 Å². The van der Waals surface area contributed by atoms with E-state index in [0.29, 0.717) is 5.69 Å². The largest absolute Gasteiger partial charge is 0.396 e. The normalized spacial score (nSPS) is 10.5. The van der Waals surface area contributed by atoms with Crippen molar-refractivity contribution >= 4 is 5.69 Å². The van der Waals surface area contributed by atoms with Crippen LogP contribution in [-0.2, 0) is 13.0 Å². The fraction of sp³-hybridized carbons (Fsp3) is 0.273. The van der Waals surface area contributed by atoms with Crippen molar-refractivity contribution < 1.29 is 0 Å². The van der Waals surface area contributed by atoms with Crippen LogP contribution in [0.2, 0.25) is 0 Å². The SMILES string of the molecule is Cc1cnccc1CCn1cc(N)cn1. The highest BCUT2D eigenvalue weighted by molar-refractivity contribution is 5.30. The molecule has 0 bridgehead atoms. The molecule has 0 aliphatic carbocycles. The number of nitrogen functional groups attached to an aromatic ring is 1. The van der Waals surface area contributed by atoms with E-state index < -0.39 is 0 Å². The van der Waals surface area contributed by atoms with Gasteiger partial charge in [-0.2, -0.15) is 5.10 Å². The van der Waals surface area contributed by atoms with Crippen molar-refractivity contribution in [1.29, 1.82) is 0 Å². The van der Waals surface area contributed by atoms with Gasteiger partial charge >= 0.3 is 0 Å². The number of aromatic nitrogens is 3. The van der Waals surface area contributed by atoms with Gasteiger partial charge in [0.1, 0.15) is 0 Å². The molecule has 2 rings (SSSR count). The van der Waals surface area contributed by atoms with Crippen LogP contribution in [0.4, 0.5) is 5.69 Å². The van der Waals surface area contributed by atoms with Crippen molar-refractivity contribution in [2.45, 2.75) is 19.9 Å². The average molecular weight is 202 g/mol. The molecule has 0 spiro atoms. The summed E-state index contributed by atoms with van der Waals surface area (Å²) in [6.45, 7) is 2.92. The van der Waals surface area contributed by atoms with Crippen molar-refractivity contribution in [1.82, 2.24) is 14.8 Å². The monoisotopic (exact) mass is 202 g/mol. The Bertz CT molecular complexity index is 447. The summed E-state index contributed by atoms with van der Waals surface area (Å²) in [7, 11) is 0. The molecule has 78 valence electrons. The van der Waals surface area contributed by atoms with E-state index in [1.807, 2.05) is 29.3 Å². The van der Waals surface area contributed by atoms with E-state index >= 15 is 0 Å². The molecule has 0 saturated carbocycles. The topological polar surface area (TPSA) is 56.7 Å². The first-order valence-corrected chi connectivity index (χ1v) is 4.93. The van der Waals surface area contributed by atoms with Crippen LogP contribution in [0.1, 0.15) is 11.1 Å². The maximum absolute atomic E-state index is 5.58. The Morgan fingerprint density at radius 2 is 2.27 bits per heavy atom. The molecule has 0 radical (unpaired) electrons. The van der Waals surface area contributed by atoms with Crippen molar-refractivity contribution in [2.24, 2.45) is 0 Å². The molecule has 2 N–H and O–H groups in total. The second-order valence-electron chi connectivity index (χ2n) is 3.59. The quantitative estimate of drug-likeness (QED) is 0.818. The van der Waals surface area contributed by atoms with E-state index in [0.717, 1.165) is 13.0 Å². The summed E-state index contributed by atoms with van der Waals surface area (Å²) in [4.78, 5) is 4.06. The van der Waals surface area contributed by atoms with Crippen LogP contribution >= 0.6 is 0 Å². The minimum atomic E-state index is 0.710. The number of nitrogens with zero attached hydrogens (tertiary/aromatic N) is 3. The summed E-state index contributed by atoms with van der Waals surface area (Å²) in [5.41, 5.74) is 8.82. The Morgan fingerprint density at radius 1 is 1.40 bits per heavy atom. The van der Waals surface area contributed by atoms with E-state index in [9.17, 15) is 0 Å². The van der Waals surface area contributed by atoms with Gasteiger partial charge in [0.05, 0.1) is 11.9 Å². The van der Waals surface area contributed by atoms with Gasteiger partial charge in [-0.05, 0) is 30.5 Å². The van der Waals surface area contributed by atoms with Gasteiger partial charge in [-0.25, -0.2) is 0 Å². The van der Waals surface area contributed by atoms with Crippen LogP contribution in [-0.4, -0.2) is 14.8 Å². The van der Waals surface area contributed by atoms with Crippen LogP contribution in [0.25, 0.3) is 0 Å². The first-order chi connectivity index (χ1) is 7.25. The molecule has 0 saturated heterocycles. The summed E-state index contributed by atoms with van der Waals surface area (Å²) >= 11 is 0. The molecule has 4 heteroatoms. The molecule has 0 atom stereocenters. The lowest BCUT2D eigenvalue weighted by Crippen LogP contribution is -2.03. The van der Waals surface area contributed by atoms with E-state index in [1.165, 1.54) is 11.1 Å². The molecule has 0 fully saturated rings. The zero-order valence-corrected chi connectivity index (χ0v) is 8.72. The predicted molar refractivity (Wildman–Crippen MR) is 59.3 cm³/mol. The third-order valence-corrected chi connectivity index (χ3v) is 2.40. The van der Waals surface area contributed by atoms with E-state index in [4.69, 9.17) is 5.73 Å². The summed E-state index contributed by atoms with van der Waals surface area (Å²) in [5, 5.41) is 4.14. The molecule has 15 heavy (non-hydrogen) atoms. The van der Waals surface area contributed by atoms with Crippen LogP contribution in [0.15, 0.2) is 30.9 Å². The molecule has 0 amide bonds. The predicted octanol–water partition coefficient (Wildman–Crippen LogP) is 1.41. The molecule has 0 aromatic carbocycles. The lowest BCUT2D eigenvalue weighted by atomic mass is 10.1. The fourth-order valence-electron chi connectivity index (χ4n) is 1.52. The Morgan fingerprint density at radius 3 is 2.93 bits per heavy atom. The Hall–Kier alpha value is -1.84. The summed E-state index contributed by atoms with van der Waals surface area (Å²) in [6.07, 6.45) is 8.16. The summed E-state index contributed by atoms with van der Waals surface area (Å²) in [6, 6.07) is 2.04. The van der Waals surface area contributed by atoms with Crippen molar-refractivity contribution in [2.75, 3.05) is 5.73 Å². The van der Waals surface area contributed by atoms with Crippen LogP contribution < -0.4 is 5.73 Å². The number of nitrogens with two attached hydrogens (primary N) is 1. The smallest absolute Gasteiger partial charge is 0.0719 e. The van der Waals surface area contributed by atoms with Gasteiger partial charge in [0.15, 0.2) is 0 Å². The molecule has 2 heterocycles. The van der Waals surface area contributed by atoms with E-state index in [-0.39, 0.29) is 0 Å². The number of rotatable bonds is 3. The van der Waals surface area contributed by atoms with Crippen LogP contribution in [0.3, 0.4) is 0 Å². The highest BCUT2D eigenvalue weighted by atomic mass is 15.3. The lowest BCUT2D eigenvalue weighted by Gasteiger charge is -2.04. The molecule has 0 aliphatic heterocycles.